The quantitative estimate of drug-likeness (QED) is 0.827. The molecule has 17 heavy (non-hydrogen) atoms. The Hall–Kier alpha value is -1.79. The summed E-state index contributed by atoms with van der Waals surface area (Å²) in [6.07, 6.45) is 0. The smallest absolute Gasteiger partial charge is 0.128 e. The summed E-state index contributed by atoms with van der Waals surface area (Å²) in [5.74, 6) is 0. The second-order valence-electron chi connectivity index (χ2n) is 4.18. The van der Waals surface area contributed by atoms with Gasteiger partial charge in [0.2, 0.25) is 0 Å². The highest BCUT2D eigenvalue weighted by Crippen LogP contribution is 2.40. The molecule has 2 rings (SSSR count). The van der Waals surface area contributed by atoms with Crippen LogP contribution in [-0.2, 0) is 0 Å². The van der Waals surface area contributed by atoms with E-state index in [1.807, 2.05) is 13.0 Å². The van der Waals surface area contributed by atoms with Gasteiger partial charge in [-0.25, -0.2) is 0 Å². The van der Waals surface area contributed by atoms with Crippen LogP contribution in [0.3, 0.4) is 0 Å². The van der Waals surface area contributed by atoms with Crippen molar-refractivity contribution in [3.63, 3.8) is 0 Å². The number of benzene rings is 1. The molecule has 0 aliphatic heterocycles. The van der Waals surface area contributed by atoms with Gasteiger partial charge in [-0.2, -0.15) is 5.26 Å². The highest BCUT2D eigenvalue weighted by molar-refractivity contribution is 7.16. The second-order valence-corrected chi connectivity index (χ2v) is 5.20. The van der Waals surface area contributed by atoms with Crippen LogP contribution in [0.25, 0.3) is 10.4 Å². The van der Waals surface area contributed by atoms with Gasteiger partial charge in [0.1, 0.15) is 10.9 Å². The molecule has 2 aromatic rings. The number of nitrogens with two attached hydrogens (primary N) is 1. The third-order valence-electron chi connectivity index (χ3n) is 3.00. The first kappa shape index (κ1) is 11.7. The van der Waals surface area contributed by atoms with Gasteiger partial charge in [-0.15, -0.1) is 11.3 Å². The van der Waals surface area contributed by atoms with E-state index in [1.54, 1.807) is 0 Å². The van der Waals surface area contributed by atoms with Gasteiger partial charge in [-0.1, -0.05) is 18.2 Å². The van der Waals surface area contributed by atoms with Crippen molar-refractivity contribution in [3.05, 3.63) is 39.8 Å². The second kappa shape index (κ2) is 4.23. The normalized spacial score (nSPS) is 10.2. The van der Waals surface area contributed by atoms with E-state index in [-0.39, 0.29) is 0 Å². The Balaban J connectivity index is 2.74. The van der Waals surface area contributed by atoms with E-state index in [2.05, 4.69) is 32.0 Å². The molecule has 0 aliphatic carbocycles. The van der Waals surface area contributed by atoms with E-state index in [1.165, 1.54) is 28.0 Å². The lowest BCUT2D eigenvalue weighted by Crippen LogP contribution is -1.90. The average Bonchev–Trinajstić information content (AvgIpc) is 2.57. The molecular weight excluding hydrogens is 228 g/mol. The van der Waals surface area contributed by atoms with Crippen LogP contribution in [0.5, 0.6) is 0 Å². The molecule has 0 saturated carbocycles. The van der Waals surface area contributed by atoms with E-state index in [9.17, 15) is 0 Å². The van der Waals surface area contributed by atoms with Crippen LogP contribution < -0.4 is 5.73 Å². The Morgan fingerprint density at radius 2 is 1.76 bits per heavy atom. The van der Waals surface area contributed by atoms with Crippen molar-refractivity contribution in [2.45, 2.75) is 20.8 Å². The predicted molar refractivity (Wildman–Crippen MR) is 73.1 cm³/mol. The molecule has 3 heteroatoms. The first-order valence-corrected chi connectivity index (χ1v) is 6.23. The maximum Gasteiger partial charge on any atom is 0.128 e. The fourth-order valence-corrected chi connectivity index (χ4v) is 3.22. The van der Waals surface area contributed by atoms with Crippen molar-refractivity contribution in [1.29, 1.82) is 5.26 Å². The van der Waals surface area contributed by atoms with Gasteiger partial charge in [-0.3, -0.25) is 0 Å². The Bertz CT molecular complexity index is 598. The highest BCUT2D eigenvalue weighted by Gasteiger charge is 2.16. The SMILES string of the molecule is Cc1cccc(C)c1-c1sc(C#N)c(N)c1C. The fourth-order valence-electron chi connectivity index (χ4n) is 2.02. The van der Waals surface area contributed by atoms with Gasteiger partial charge in [0.25, 0.3) is 0 Å². The molecule has 0 unspecified atom stereocenters. The van der Waals surface area contributed by atoms with E-state index in [4.69, 9.17) is 11.0 Å². The molecular formula is C14H14N2S. The molecule has 0 amide bonds. The van der Waals surface area contributed by atoms with Gasteiger partial charge < -0.3 is 5.73 Å². The summed E-state index contributed by atoms with van der Waals surface area (Å²) in [6.45, 7) is 6.15. The van der Waals surface area contributed by atoms with Gasteiger partial charge in [0.15, 0.2) is 0 Å². The van der Waals surface area contributed by atoms with Crippen LogP contribution in [0.4, 0.5) is 5.69 Å². The summed E-state index contributed by atoms with van der Waals surface area (Å²) in [7, 11) is 0. The van der Waals surface area contributed by atoms with Crippen molar-refractivity contribution in [1.82, 2.24) is 0 Å². The molecule has 1 heterocycles. The van der Waals surface area contributed by atoms with E-state index in [0.29, 0.717) is 10.6 Å². The van der Waals surface area contributed by atoms with Gasteiger partial charge in [-0.05, 0) is 43.0 Å². The molecule has 0 atom stereocenters. The molecule has 0 fully saturated rings. The lowest BCUT2D eigenvalue weighted by molar-refractivity contribution is 1.38. The van der Waals surface area contributed by atoms with Crippen LogP contribution in [0.2, 0.25) is 0 Å². The highest BCUT2D eigenvalue weighted by atomic mass is 32.1. The fraction of sp³-hybridized carbons (Fsp3) is 0.214. The summed E-state index contributed by atoms with van der Waals surface area (Å²) in [5, 5.41) is 9.02. The topological polar surface area (TPSA) is 49.8 Å². The van der Waals surface area contributed by atoms with E-state index >= 15 is 0 Å². The van der Waals surface area contributed by atoms with Crippen molar-refractivity contribution in [2.75, 3.05) is 5.73 Å². The number of anilines is 1. The van der Waals surface area contributed by atoms with Crippen LogP contribution in [0, 0.1) is 32.1 Å². The number of hydrogen-bond acceptors (Lipinski definition) is 3. The largest absolute Gasteiger partial charge is 0.397 e. The zero-order valence-electron chi connectivity index (χ0n) is 10.2. The third-order valence-corrected chi connectivity index (χ3v) is 4.23. The molecule has 1 aromatic carbocycles. The van der Waals surface area contributed by atoms with Gasteiger partial charge in [0, 0.05) is 4.88 Å². The zero-order valence-corrected chi connectivity index (χ0v) is 11.0. The number of nitrogens with zero attached hydrogens (tertiary/aromatic N) is 1. The van der Waals surface area contributed by atoms with Gasteiger partial charge in [0.05, 0.1) is 5.69 Å². The number of hydrogen-bond donors (Lipinski definition) is 1. The van der Waals surface area contributed by atoms with Crippen molar-refractivity contribution >= 4 is 17.0 Å². The zero-order chi connectivity index (χ0) is 12.6. The van der Waals surface area contributed by atoms with Crippen LogP contribution in [0.1, 0.15) is 21.6 Å². The standard InChI is InChI=1S/C14H14N2S/c1-8-5-4-6-9(2)12(8)14-10(3)13(16)11(7-15)17-14/h4-6H,16H2,1-3H3. The number of nitrogen functional groups attached to an aromatic ring is 1. The van der Waals surface area contributed by atoms with Gasteiger partial charge >= 0.3 is 0 Å². The lowest BCUT2D eigenvalue weighted by Gasteiger charge is -2.08. The molecule has 0 spiro atoms. The van der Waals surface area contributed by atoms with Crippen molar-refractivity contribution in [3.8, 4) is 16.5 Å². The van der Waals surface area contributed by atoms with E-state index in [0.717, 1.165) is 10.4 Å². The van der Waals surface area contributed by atoms with Crippen LogP contribution in [0.15, 0.2) is 18.2 Å². The molecule has 2 N–H and O–H groups in total. The molecule has 1 aromatic heterocycles. The maximum atomic E-state index is 9.02. The first-order chi connectivity index (χ1) is 8.06. The lowest BCUT2D eigenvalue weighted by atomic mass is 9.99. The molecule has 0 bridgehead atoms. The number of rotatable bonds is 1. The molecule has 2 nitrogen and oxygen atoms in total. The minimum absolute atomic E-state index is 0.611. The summed E-state index contributed by atoms with van der Waals surface area (Å²) in [4.78, 5) is 1.73. The van der Waals surface area contributed by atoms with E-state index < -0.39 is 0 Å². The maximum absolute atomic E-state index is 9.02. The average molecular weight is 242 g/mol. The van der Waals surface area contributed by atoms with Crippen LogP contribution in [-0.4, -0.2) is 0 Å². The van der Waals surface area contributed by atoms with Crippen molar-refractivity contribution in [2.24, 2.45) is 0 Å². The Kier molecular flexibility index (Phi) is 2.91. The summed E-state index contributed by atoms with van der Waals surface area (Å²) < 4.78 is 0. The summed E-state index contributed by atoms with van der Waals surface area (Å²) >= 11 is 1.48. The molecule has 86 valence electrons. The summed E-state index contributed by atoms with van der Waals surface area (Å²) in [5.41, 5.74) is 11.2. The van der Waals surface area contributed by atoms with Crippen molar-refractivity contribution < 1.29 is 0 Å². The molecule has 0 radical (unpaired) electrons. The number of thiophene rings is 1. The minimum Gasteiger partial charge on any atom is -0.397 e. The first-order valence-electron chi connectivity index (χ1n) is 5.41. The monoisotopic (exact) mass is 242 g/mol. The van der Waals surface area contributed by atoms with Crippen LogP contribution >= 0.6 is 11.3 Å². The third kappa shape index (κ3) is 1.81. The molecule has 0 aliphatic rings. The predicted octanol–water partition coefficient (Wildman–Crippen LogP) is 3.79. The summed E-state index contributed by atoms with van der Waals surface area (Å²) in [6, 6.07) is 8.38. The molecule has 0 saturated heterocycles. The number of aryl methyl sites for hydroxylation is 2. The Morgan fingerprint density at radius 3 is 2.24 bits per heavy atom. The minimum atomic E-state index is 0.611. The number of nitriles is 1. The Labute approximate surface area is 105 Å². The Morgan fingerprint density at radius 1 is 1.18 bits per heavy atom.